The molecule has 184 valence electrons. The summed E-state index contributed by atoms with van der Waals surface area (Å²) in [5, 5.41) is 0. The Hall–Kier alpha value is -1.06. The van der Waals surface area contributed by atoms with E-state index < -0.39 is 0 Å². The second-order valence-corrected chi connectivity index (χ2v) is 9.30. The van der Waals surface area contributed by atoms with Crippen molar-refractivity contribution >= 4 is 11.9 Å². The number of hydrogen-bond donors (Lipinski definition) is 0. The zero-order chi connectivity index (χ0) is 23.5. The summed E-state index contributed by atoms with van der Waals surface area (Å²) in [6.07, 6.45) is 13.5. The van der Waals surface area contributed by atoms with Gasteiger partial charge >= 0.3 is 5.97 Å². The van der Waals surface area contributed by atoms with E-state index in [2.05, 4.69) is 41.5 Å². The summed E-state index contributed by atoms with van der Waals surface area (Å²) in [5.74, 6) is 1.14. The Morgan fingerprint density at radius 3 is 1.81 bits per heavy atom. The molecule has 0 saturated carbocycles. The molecule has 0 aromatic rings. The molecule has 4 heteroatoms. The SMILES string of the molecule is CCCCC(CC)COC(=O)CCN(CC(CC)CCCC)C(=O)C(CC)CCCC. The summed E-state index contributed by atoms with van der Waals surface area (Å²) in [6.45, 7) is 14.9. The van der Waals surface area contributed by atoms with Crippen LogP contribution in [-0.2, 0) is 14.3 Å². The van der Waals surface area contributed by atoms with E-state index in [0.717, 1.165) is 57.9 Å². The molecule has 0 saturated heterocycles. The monoisotopic (exact) mass is 439 g/mol. The van der Waals surface area contributed by atoms with Crippen LogP contribution >= 0.6 is 0 Å². The normalized spacial score (nSPS) is 14.1. The Bertz CT molecular complexity index is 452. The number of carbonyl (C=O) groups is 2. The number of hydrogen-bond acceptors (Lipinski definition) is 3. The van der Waals surface area contributed by atoms with Crippen molar-refractivity contribution in [3.8, 4) is 0 Å². The summed E-state index contributed by atoms with van der Waals surface area (Å²) in [5.41, 5.74) is 0. The van der Waals surface area contributed by atoms with Crippen LogP contribution < -0.4 is 0 Å². The first-order valence-electron chi connectivity index (χ1n) is 13.4. The maximum Gasteiger partial charge on any atom is 0.307 e. The van der Waals surface area contributed by atoms with Crippen LogP contribution in [0.25, 0.3) is 0 Å². The summed E-state index contributed by atoms with van der Waals surface area (Å²) in [6, 6.07) is 0. The number of ether oxygens (including phenoxy) is 1. The average molecular weight is 440 g/mol. The number of rotatable bonds is 20. The topological polar surface area (TPSA) is 46.6 Å². The first-order chi connectivity index (χ1) is 15.0. The molecule has 0 N–H and O–H groups in total. The van der Waals surface area contributed by atoms with Gasteiger partial charge in [0, 0.05) is 19.0 Å². The van der Waals surface area contributed by atoms with Gasteiger partial charge in [-0.2, -0.15) is 0 Å². The highest BCUT2D eigenvalue weighted by Crippen LogP contribution is 2.20. The van der Waals surface area contributed by atoms with Gasteiger partial charge in [-0.1, -0.05) is 92.9 Å². The second-order valence-electron chi connectivity index (χ2n) is 9.30. The highest BCUT2D eigenvalue weighted by Gasteiger charge is 2.25. The molecule has 0 heterocycles. The first kappa shape index (κ1) is 29.9. The number of esters is 1. The van der Waals surface area contributed by atoms with Gasteiger partial charge < -0.3 is 9.64 Å². The van der Waals surface area contributed by atoms with Gasteiger partial charge in [0.15, 0.2) is 0 Å². The lowest BCUT2D eigenvalue weighted by molar-refractivity contribution is -0.146. The van der Waals surface area contributed by atoms with Crippen molar-refractivity contribution in [2.45, 2.75) is 125 Å². The molecule has 1 amide bonds. The predicted molar refractivity (Wildman–Crippen MR) is 132 cm³/mol. The van der Waals surface area contributed by atoms with Crippen LogP contribution in [0.4, 0.5) is 0 Å². The molecule has 0 spiro atoms. The minimum absolute atomic E-state index is 0.0816. The van der Waals surface area contributed by atoms with Crippen molar-refractivity contribution < 1.29 is 14.3 Å². The lowest BCUT2D eigenvalue weighted by atomic mass is 9.95. The van der Waals surface area contributed by atoms with E-state index in [9.17, 15) is 9.59 Å². The van der Waals surface area contributed by atoms with E-state index in [4.69, 9.17) is 4.74 Å². The van der Waals surface area contributed by atoms with Gasteiger partial charge in [-0.15, -0.1) is 0 Å². The molecule has 3 unspecified atom stereocenters. The number of unbranched alkanes of at least 4 members (excludes halogenated alkanes) is 3. The zero-order valence-corrected chi connectivity index (χ0v) is 21.7. The van der Waals surface area contributed by atoms with Crippen molar-refractivity contribution in [1.29, 1.82) is 0 Å². The Labute approximate surface area is 193 Å². The Kier molecular flexibility index (Phi) is 18.9. The highest BCUT2D eigenvalue weighted by atomic mass is 16.5. The molecule has 31 heavy (non-hydrogen) atoms. The van der Waals surface area contributed by atoms with Crippen LogP contribution in [0.15, 0.2) is 0 Å². The molecule has 0 aliphatic carbocycles. The Balaban J connectivity index is 4.94. The van der Waals surface area contributed by atoms with E-state index in [1.54, 1.807) is 0 Å². The first-order valence-corrected chi connectivity index (χ1v) is 13.4. The quantitative estimate of drug-likeness (QED) is 0.186. The lowest BCUT2D eigenvalue weighted by Crippen LogP contribution is -2.40. The smallest absolute Gasteiger partial charge is 0.307 e. The van der Waals surface area contributed by atoms with E-state index in [0.29, 0.717) is 31.4 Å². The Morgan fingerprint density at radius 1 is 0.742 bits per heavy atom. The standard InChI is InChI=1S/C27H53NO3/c1-7-13-16-23(10-4)21-28(27(30)25(12-6)18-15-9-3)20-19-26(29)31-22-24(11-5)17-14-8-2/h23-25H,7-22H2,1-6H3. The fourth-order valence-electron chi connectivity index (χ4n) is 4.14. The van der Waals surface area contributed by atoms with Gasteiger partial charge in [-0.25, -0.2) is 0 Å². The largest absolute Gasteiger partial charge is 0.465 e. The number of nitrogens with zero attached hydrogens (tertiary/aromatic N) is 1. The fourth-order valence-corrected chi connectivity index (χ4v) is 4.14. The van der Waals surface area contributed by atoms with Crippen molar-refractivity contribution in [3.63, 3.8) is 0 Å². The molecular formula is C27H53NO3. The van der Waals surface area contributed by atoms with Crippen LogP contribution in [0, 0.1) is 17.8 Å². The van der Waals surface area contributed by atoms with Crippen LogP contribution in [-0.4, -0.2) is 36.5 Å². The van der Waals surface area contributed by atoms with E-state index in [1.807, 2.05) is 4.90 Å². The molecule has 0 fully saturated rings. The van der Waals surface area contributed by atoms with Gasteiger partial charge in [0.05, 0.1) is 13.0 Å². The van der Waals surface area contributed by atoms with Crippen LogP contribution in [0.2, 0.25) is 0 Å². The molecule has 0 aliphatic heterocycles. The van der Waals surface area contributed by atoms with E-state index in [1.165, 1.54) is 25.7 Å². The minimum Gasteiger partial charge on any atom is -0.465 e. The predicted octanol–water partition coefficient (Wildman–Crippen LogP) is 7.40. The molecule has 0 radical (unpaired) electrons. The van der Waals surface area contributed by atoms with Gasteiger partial charge in [0.1, 0.15) is 0 Å². The minimum atomic E-state index is -0.157. The summed E-state index contributed by atoms with van der Waals surface area (Å²) >= 11 is 0. The van der Waals surface area contributed by atoms with Gasteiger partial charge in [0.2, 0.25) is 5.91 Å². The fraction of sp³-hybridized carbons (Fsp3) is 0.926. The average Bonchev–Trinajstić information content (AvgIpc) is 2.79. The molecule has 0 bridgehead atoms. The zero-order valence-electron chi connectivity index (χ0n) is 21.7. The molecule has 0 rings (SSSR count). The van der Waals surface area contributed by atoms with E-state index in [-0.39, 0.29) is 17.8 Å². The van der Waals surface area contributed by atoms with Crippen molar-refractivity contribution in [3.05, 3.63) is 0 Å². The number of amides is 1. The van der Waals surface area contributed by atoms with E-state index >= 15 is 0 Å². The van der Waals surface area contributed by atoms with Gasteiger partial charge in [-0.3, -0.25) is 9.59 Å². The van der Waals surface area contributed by atoms with Crippen LogP contribution in [0.1, 0.15) is 125 Å². The summed E-state index contributed by atoms with van der Waals surface area (Å²) in [7, 11) is 0. The maximum atomic E-state index is 13.3. The van der Waals surface area contributed by atoms with Crippen LogP contribution in [0.5, 0.6) is 0 Å². The molecular weight excluding hydrogens is 386 g/mol. The second kappa shape index (κ2) is 19.6. The van der Waals surface area contributed by atoms with Crippen molar-refractivity contribution in [1.82, 2.24) is 4.90 Å². The number of carbonyl (C=O) groups excluding carboxylic acids is 2. The third-order valence-corrected chi connectivity index (χ3v) is 6.69. The van der Waals surface area contributed by atoms with Gasteiger partial charge in [0.25, 0.3) is 0 Å². The summed E-state index contributed by atoms with van der Waals surface area (Å²) < 4.78 is 5.59. The van der Waals surface area contributed by atoms with Crippen molar-refractivity contribution in [2.75, 3.05) is 19.7 Å². The third kappa shape index (κ3) is 13.9. The maximum absolute atomic E-state index is 13.3. The Morgan fingerprint density at radius 2 is 1.29 bits per heavy atom. The molecule has 3 atom stereocenters. The lowest BCUT2D eigenvalue weighted by Gasteiger charge is -2.30. The van der Waals surface area contributed by atoms with Crippen molar-refractivity contribution in [2.24, 2.45) is 17.8 Å². The molecule has 4 nitrogen and oxygen atoms in total. The van der Waals surface area contributed by atoms with Gasteiger partial charge in [-0.05, 0) is 37.5 Å². The highest BCUT2D eigenvalue weighted by molar-refractivity contribution is 5.79. The van der Waals surface area contributed by atoms with Crippen LogP contribution in [0.3, 0.4) is 0 Å². The third-order valence-electron chi connectivity index (χ3n) is 6.69. The molecule has 0 aromatic heterocycles. The summed E-state index contributed by atoms with van der Waals surface area (Å²) in [4.78, 5) is 27.8. The molecule has 0 aromatic carbocycles. The molecule has 0 aliphatic rings.